The lowest BCUT2D eigenvalue weighted by molar-refractivity contribution is 0.0184. The molecule has 0 radical (unpaired) electrons. The lowest BCUT2D eigenvalue weighted by Gasteiger charge is -2.35. The largest absolute Gasteiger partial charge is 0.380 e. The van der Waals surface area contributed by atoms with Crippen molar-refractivity contribution in [3.63, 3.8) is 0 Å². The second-order valence-corrected chi connectivity index (χ2v) is 7.32. The normalized spacial score (nSPS) is 23.7. The molecule has 2 atom stereocenters. The quantitative estimate of drug-likeness (QED) is 0.850. The van der Waals surface area contributed by atoms with E-state index in [0.717, 1.165) is 12.0 Å². The van der Waals surface area contributed by atoms with E-state index < -0.39 is 10.0 Å². The zero-order valence-corrected chi connectivity index (χ0v) is 13.1. The van der Waals surface area contributed by atoms with Crippen LogP contribution < -0.4 is 0 Å². The Morgan fingerprint density at radius 1 is 1.38 bits per heavy atom. The molecule has 1 aliphatic rings. The first-order chi connectivity index (χ1) is 9.98. The number of ether oxygens (including phenoxy) is 1. The predicted molar refractivity (Wildman–Crippen MR) is 79.1 cm³/mol. The first kappa shape index (κ1) is 16.0. The Kier molecular flexibility index (Phi) is 4.99. The van der Waals surface area contributed by atoms with Crippen molar-refractivity contribution in [3.8, 4) is 6.07 Å². The summed E-state index contributed by atoms with van der Waals surface area (Å²) in [6.45, 7) is 2.98. The van der Waals surface area contributed by atoms with E-state index in [4.69, 9.17) is 10.00 Å². The van der Waals surface area contributed by atoms with E-state index >= 15 is 0 Å². The molecular formula is C15H20N2O3S. The van der Waals surface area contributed by atoms with E-state index in [2.05, 4.69) is 6.92 Å². The smallest absolute Gasteiger partial charge is 0.243 e. The molecule has 0 bridgehead atoms. The number of sulfonamides is 1. The number of piperidine rings is 1. The van der Waals surface area contributed by atoms with Crippen molar-refractivity contribution in [1.82, 2.24) is 4.31 Å². The Morgan fingerprint density at radius 2 is 2.05 bits per heavy atom. The van der Waals surface area contributed by atoms with Crippen LogP contribution in [0, 0.1) is 17.2 Å². The molecule has 6 heteroatoms. The van der Waals surface area contributed by atoms with E-state index in [1.807, 2.05) is 6.07 Å². The summed E-state index contributed by atoms with van der Waals surface area (Å²) in [5.41, 5.74) is 0.818. The SMILES string of the molecule is COC1CN(S(=O)(=O)c2ccc(CC#N)cc2)CCC1C. The van der Waals surface area contributed by atoms with Gasteiger partial charge < -0.3 is 4.74 Å². The molecule has 2 unspecified atom stereocenters. The second kappa shape index (κ2) is 6.56. The summed E-state index contributed by atoms with van der Waals surface area (Å²) >= 11 is 0. The zero-order chi connectivity index (χ0) is 15.5. The molecule has 0 amide bonds. The molecule has 0 spiro atoms. The average molecular weight is 308 g/mol. The Balaban J connectivity index is 2.19. The molecule has 5 nitrogen and oxygen atoms in total. The summed E-state index contributed by atoms with van der Waals surface area (Å²) < 4.78 is 32.1. The van der Waals surface area contributed by atoms with Crippen LogP contribution in [0.2, 0.25) is 0 Å². The lowest BCUT2D eigenvalue weighted by Crippen LogP contribution is -2.46. The second-order valence-electron chi connectivity index (χ2n) is 5.38. The van der Waals surface area contributed by atoms with Crippen molar-refractivity contribution in [1.29, 1.82) is 5.26 Å². The van der Waals surface area contributed by atoms with Crippen molar-refractivity contribution in [3.05, 3.63) is 29.8 Å². The number of rotatable bonds is 4. The molecule has 0 aliphatic carbocycles. The Labute approximate surface area is 126 Å². The monoisotopic (exact) mass is 308 g/mol. The zero-order valence-electron chi connectivity index (χ0n) is 12.3. The molecule has 1 aromatic carbocycles. The van der Waals surface area contributed by atoms with Crippen LogP contribution in [0.4, 0.5) is 0 Å². The first-order valence-corrected chi connectivity index (χ1v) is 8.42. The lowest BCUT2D eigenvalue weighted by atomic mass is 9.97. The van der Waals surface area contributed by atoms with Gasteiger partial charge in [-0.25, -0.2) is 8.42 Å². The van der Waals surface area contributed by atoms with E-state index in [1.165, 1.54) is 4.31 Å². The van der Waals surface area contributed by atoms with Crippen molar-refractivity contribution in [2.75, 3.05) is 20.2 Å². The highest BCUT2D eigenvalue weighted by molar-refractivity contribution is 7.89. The standard InChI is InChI=1S/C15H20N2O3S/c1-12-8-10-17(11-15(12)20-2)21(18,19)14-5-3-13(4-6-14)7-9-16/h3-6,12,15H,7-8,10-11H2,1-2H3. The number of benzene rings is 1. The minimum absolute atomic E-state index is 0.0635. The average Bonchev–Trinajstić information content (AvgIpc) is 2.48. The van der Waals surface area contributed by atoms with Gasteiger partial charge in [0.15, 0.2) is 0 Å². The number of nitriles is 1. The number of hydrogen-bond acceptors (Lipinski definition) is 4. The van der Waals surface area contributed by atoms with Crippen LogP contribution in [0.1, 0.15) is 18.9 Å². The van der Waals surface area contributed by atoms with Gasteiger partial charge in [0.2, 0.25) is 10.0 Å². The van der Waals surface area contributed by atoms with Crippen LogP contribution in [-0.2, 0) is 21.2 Å². The van der Waals surface area contributed by atoms with Crippen molar-refractivity contribution >= 4 is 10.0 Å². The predicted octanol–water partition coefficient (Wildman–Crippen LogP) is 1.80. The maximum Gasteiger partial charge on any atom is 0.243 e. The van der Waals surface area contributed by atoms with E-state index in [9.17, 15) is 8.42 Å². The van der Waals surface area contributed by atoms with Crippen LogP contribution in [0.3, 0.4) is 0 Å². The van der Waals surface area contributed by atoms with Crippen LogP contribution in [0.5, 0.6) is 0 Å². The van der Waals surface area contributed by atoms with E-state index in [-0.39, 0.29) is 17.4 Å². The minimum Gasteiger partial charge on any atom is -0.380 e. The van der Waals surface area contributed by atoms with Gasteiger partial charge in [0, 0.05) is 20.2 Å². The van der Waals surface area contributed by atoms with E-state index in [0.29, 0.717) is 19.0 Å². The molecule has 114 valence electrons. The molecule has 1 aliphatic heterocycles. The molecular weight excluding hydrogens is 288 g/mol. The highest BCUT2D eigenvalue weighted by atomic mass is 32.2. The topological polar surface area (TPSA) is 70.4 Å². The van der Waals surface area contributed by atoms with Gasteiger partial charge >= 0.3 is 0 Å². The molecule has 21 heavy (non-hydrogen) atoms. The third kappa shape index (κ3) is 3.43. The fourth-order valence-electron chi connectivity index (χ4n) is 2.55. The summed E-state index contributed by atoms with van der Waals surface area (Å²) in [5.74, 6) is 0.361. The van der Waals surface area contributed by atoms with Gasteiger partial charge in [-0.15, -0.1) is 0 Å². The van der Waals surface area contributed by atoms with Crippen molar-refractivity contribution in [2.45, 2.75) is 30.8 Å². The van der Waals surface area contributed by atoms with Crippen LogP contribution in [0.25, 0.3) is 0 Å². The highest BCUT2D eigenvalue weighted by Gasteiger charge is 2.33. The van der Waals surface area contributed by atoms with Gasteiger partial charge in [-0.3, -0.25) is 0 Å². The van der Waals surface area contributed by atoms with Gasteiger partial charge in [0.05, 0.1) is 23.5 Å². The van der Waals surface area contributed by atoms with Crippen molar-refractivity contribution in [2.24, 2.45) is 5.92 Å². The number of methoxy groups -OCH3 is 1. The Morgan fingerprint density at radius 3 is 2.62 bits per heavy atom. The fourth-order valence-corrected chi connectivity index (χ4v) is 4.02. The molecule has 1 fully saturated rings. The van der Waals surface area contributed by atoms with Crippen LogP contribution in [0.15, 0.2) is 29.2 Å². The maximum absolute atomic E-state index is 12.6. The van der Waals surface area contributed by atoms with Crippen molar-refractivity contribution < 1.29 is 13.2 Å². The van der Waals surface area contributed by atoms with Gasteiger partial charge in [0.1, 0.15) is 0 Å². The number of nitrogens with zero attached hydrogens (tertiary/aromatic N) is 2. The fraction of sp³-hybridized carbons (Fsp3) is 0.533. The van der Waals surface area contributed by atoms with Crippen LogP contribution >= 0.6 is 0 Å². The van der Waals surface area contributed by atoms with Gasteiger partial charge in [-0.1, -0.05) is 19.1 Å². The Hall–Kier alpha value is -1.42. The maximum atomic E-state index is 12.6. The van der Waals surface area contributed by atoms with Gasteiger partial charge in [0.25, 0.3) is 0 Å². The minimum atomic E-state index is -3.49. The molecule has 1 aromatic rings. The van der Waals surface area contributed by atoms with E-state index in [1.54, 1.807) is 31.4 Å². The third-order valence-corrected chi connectivity index (χ3v) is 5.88. The molecule has 1 heterocycles. The summed E-state index contributed by atoms with van der Waals surface area (Å²) in [5, 5.41) is 8.64. The van der Waals surface area contributed by atoms with Crippen LogP contribution in [-0.4, -0.2) is 39.0 Å². The first-order valence-electron chi connectivity index (χ1n) is 6.98. The third-order valence-electron chi connectivity index (χ3n) is 4.00. The summed E-state index contributed by atoms with van der Waals surface area (Å²) in [4.78, 5) is 0.272. The summed E-state index contributed by atoms with van der Waals surface area (Å²) in [7, 11) is -1.87. The molecule has 1 saturated heterocycles. The molecule has 0 N–H and O–H groups in total. The summed E-state index contributed by atoms with van der Waals surface area (Å²) in [6, 6.07) is 8.57. The Bertz CT molecular complexity index is 619. The summed E-state index contributed by atoms with van der Waals surface area (Å²) in [6.07, 6.45) is 1.02. The van der Waals surface area contributed by atoms with Gasteiger partial charge in [-0.05, 0) is 30.0 Å². The molecule has 2 rings (SSSR count). The number of hydrogen-bond donors (Lipinski definition) is 0. The molecule has 0 aromatic heterocycles. The highest BCUT2D eigenvalue weighted by Crippen LogP contribution is 2.25. The van der Waals surface area contributed by atoms with Gasteiger partial charge in [-0.2, -0.15) is 9.57 Å². The molecule has 0 saturated carbocycles.